The summed E-state index contributed by atoms with van der Waals surface area (Å²) >= 11 is 0. The van der Waals surface area contributed by atoms with E-state index in [2.05, 4.69) is 11.5 Å². The lowest BCUT2D eigenvalue weighted by atomic mass is 10.2. The van der Waals surface area contributed by atoms with E-state index in [0.717, 1.165) is 37.3 Å². The number of hydrogen-bond acceptors (Lipinski definition) is 2. The van der Waals surface area contributed by atoms with Crippen LogP contribution in [0.3, 0.4) is 0 Å². The summed E-state index contributed by atoms with van der Waals surface area (Å²) in [6.07, 6.45) is 2.26. The van der Waals surface area contributed by atoms with Crippen LogP contribution in [-0.4, -0.2) is 34.6 Å². The molecule has 1 aromatic rings. The van der Waals surface area contributed by atoms with Crippen molar-refractivity contribution in [2.45, 2.75) is 39.0 Å². The third-order valence-corrected chi connectivity index (χ3v) is 3.81. The van der Waals surface area contributed by atoms with E-state index in [0.29, 0.717) is 19.3 Å². The van der Waals surface area contributed by atoms with Crippen LogP contribution in [0.4, 0.5) is 0 Å². The van der Waals surface area contributed by atoms with Gasteiger partial charge >= 0.3 is 0 Å². The van der Waals surface area contributed by atoms with Crippen molar-refractivity contribution in [3.8, 4) is 0 Å². The van der Waals surface area contributed by atoms with E-state index in [4.69, 9.17) is 4.74 Å². The fourth-order valence-electron chi connectivity index (χ4n) is 2.80. The average Bonchev–Trinajstić information content (AvgIpc) is 2.94. The number of carbonyl (C=O) groups excluding carboxylic acids is 1. The van der Waals surface area contributed by atoms with E-state index in [-0.39, 0.29) is 5.91 Å². The second-order valence-corrected chi connectivity index (χ2v) is 4.90. The molecule has 0 saturated carbocycles. The van der Waals surface area contributed by atoms with Crippen LogP contribution in [0.15, 0.2) is 12.1 Å². The lowest BCUT2D eigenvalue weighted by molar-refractivity contribution is 0.0690. The lowest BCUT2D eigenvalue weighted by Gasteiger charge is -2.24. The fraction of sp³-hybridized carbons (Fsp3) is 0.615. The van der Waals surface area contributed by atoms with Crippen LogP contribution in [-0.2, 0) is 17.9 Å². The summed E-state index contributed by atoms with van der Waals surface area (Å²) in [5.41, 5.74) is 1.95. The van der Waals surface area contributed by atoms with Crippen LogP contribution in [0, 0.1) is 0 Å². The number of hydrogen-bond donors (Lipinski definition) is 0. The molecular formula is C13H18N2O2. The summed E-state index contributed by atoms with van der Waals surface area (Å²) < 4.78 is 7.50. The number of carbonyl (C=O) groups is 1. The normalized spacial score (nSPS) is 23.8. The number of fused-ring (bicyclic) bond motifs is 1. The van der Waals surface area contributed by atoms with Crippen molar-refractivity contribution in [2.24, 2.45) is 0 Å². The van der Waals surface area contributed by atoms with Crippen LogP contribution in [0.25, 0.3) is 0 Å². The standard InChI is InChI=1S/C13H18N2O2/c1-10-3-2-6-14(10)13(16)12-5-4-11-9-17-8-7-15(11)12/h4-5,10H,2-3,6-9H2,1H3/t10-/m0/s1. The average molecular weight is 234 g/mol. The number of ether oxygens (including phenoxy) is 1. The van der Waals surface area contributed by atoms with Crippen molar-refractivity contribution < 1.29 is 9.53 Å². The third kappa shape index (κ3) is 1.76. The van der Waals surface area contributed by atoms with Crippen LogP contribution in [0.2, 0.25) is 0 Å². The molecule has 4 heteroatoms. The summed E-state index contributed by atoms with van der Waals surface area (Å²) in [5.74, 6) is 0.183. The summed E-state index contributed by atoms with van der Waals surface area (Å²) in [6.45, 7) is 5.16. The number of nitrogens with zero attached hydrogens (tertiary/aromatic N) is 2. The molecule has 0 spiro atoms. The molecule has 0 bridgehead atoms. The van der Waals surface area contributed by atoms with E-state index < -0.39 is 0 Å². The van der Waals surface area contributed by atoms with Crippen molar-refractivity contribution in [3.05, 3.63) is 23.5 Å². The van der Waals surface area contributed by atoms with Crippen molar-refractivity contribution >= 4 is 5.91 Å². The topological polar surface area (TPSA) is 34.5 Å². The Morgan fingerprint density at radius 1 is 1.41 bits per heavy atom. The molecule has 0 aliphatic carbocycles. The second kappa shape index (κ2) is 4.18. The Labute approximate surface area is 101 Å². The number of aromatic nitrogens is 1. The van der Waals surface area contributed by atoms with Crippen LogP contribution in [0.5, 0.6) is 0 Å². The predicted octanol–water partition coefficient (Wildman–Crippen LogP) is 1.64. The highest BCUT2D eigenvalue weighted by Gasteiger charge is 2.28. The van der Waals surface area contributed by atoms with E-state index in [1.165, 1.54) is 0 Å². The monoisotopic (exact) mass is 234 g/mol. The zero-order chi connectivity index (χ0) is 11.8. The van der Waals surface area contributed by atoms with Crippen molar-refractivity contribution in [3.63, 3.8) is 0 Å². The first-order valence-corrected chi connectivity index (χ1v) is 6.34. The summed E-state index contributed by atoms with van der Waals surface area (Å²) in [4.78, 5) is 14.5. The summed E-state index contributed by atoms with van der Waals surface area (Å²) in [7, 11) is 0. The van der Waals surface area contributed by atoms with Gasteiger partial charge in [-0.3, -0.25) is 4.79 Å². The second-order valence-electron chi connectivity index (χ2n) is 4.90. The molecule has 3 heterocycles. The van der Waals surface area contributed by atoms with Gasteiger partial charge in [0.2, 0.25) is 0 Å². The first-order valence-electron chi connectivity index (χ1n) is 6.34. The Bertz CT molecular complexity index is 439. The van der Waals surface area contributed by atoms with Crippen molar-refractivity contribution in [2.75, 3.05) is 13.2 Å². The van der Waals surface area contributed by atoms with E-state index in [1.807, 2.05) is 17.0 Å². The van der Waals surface area contributed by atoms with Gasteiger partial charge in [0.15, 0.2) is 0 Å². The molecule has 1 fully saturated rings. The molecule has 0 radical (unpaired) electrons. The zero-order valence-electron chi connectivity index (χ0n) is 10.2. The maximum atomic E-state index is 12.5. The van der Waals surface area contributed by atoms with Gasteiger partial charge in [0.1, 0.15) is 5.69 Å². The van der Waals surface area contributed by atoms with Gasteiger partial charge in [-0.1, -0.05) is 0 Å². The van der Waals surface area contributed by atoms with E-state index >= 15 is 0 Å². The van der Waals surface area contributed by atoms with Crippen molar-refractivity contribution in [1.82, 2.24) is 9.47 Å². The minimum Gasteiger partial charge on any atom is -0.373 e. The molecule has 2 aliphatic heterocycles. The van der Waals surface area contributed by atoms with Gasteiger partial charge in [-0.25, -0.2) is 0 Å². The first-order chi connectivity index (χ1) is 8.27. The molecule has 2 aliphatic rings. The maximum Gasteiger partial charge on any atom is 0.270 e. The minimum absolute atomic E-state index is 0.183. The molecule has 1 amide bonds. The Hall–Kier alpha value is -1.29. The Morgan fingerprint density at radius 2 is 2.29 bits per heavy atom. The van der Waals surface area contributed by atoms with Crippen LogP contribution < -0.4 is 0 Å². The number of likely N-dealkylation sites (tertiary alicyclic amines) is 1. The quantitative estimate of drug-likeness (QED) is 0.740. The van der Waals surface area contributed by atoms with Gasteiger partial charge in [0, 0.05) is 24.8 Å². The van der Waals surface area contributed by atoms with Gasteiger partial charge < -0.3 is 14.2 Å². The largest absolute Gasteiger partial charge is 0.373 e. The molecule has 92 valence electrons. The number of rotatable bonds is 1. The highest BCUT2D eigenvalue weighted by atomic mass is 16.5. The van der Waals surface area contributed by atoms with E-state index in [1.54, 1.807) is 0 Å². The maximum absolute atomic E-state index is 12.5. The third-order valence-electron chi connectivity index (χ3n) is 3.81. The van der Waals surface area contributed by atoms with Crippen LogP contribution >= 0.6 is 0 Å². The predicted molar refractivity (Wildman–Crippen MR) is 63.8 cm³/mol. The molecule has 0 aromatic carbocycles. The molecule has 1 atom stereocenters. The van der Waals surface area contributed by atoms with Gasteiger partial charge in [0.05, 0.1) is 13.2 Å². The van der Waals surface area contributed by atoms with Gasteiger partial charge in [-0.15, -0.1) is 0 Å². The molecule has 17 heavy (non-hydrogen) atoms. The van der Waals surface area contributed by atoms with E-state index in [9.17, 15) is 4.79 Å². The molecule has 4 nitrogen and oxygen atoms in total. The Balaban J connectivity index is 1.88. The van der Waals surface area contributed by atoms with Crippen molar-refractivity contribution in [1.29, 1.82) is 0 Å². The number of amides is 1. The Kier molecular flexibility index (Phi) is 2.67. The van der Waals surface area contributed by atoms with Gasteiger partial charge in [0.25, 0.3) is 5.91 Å². The molecule has 3 rings (SSSR count). The van der Waals surface area contributed by atoms with Gasteiger partial charge in [-0.05, 0) is 31.9 Å². The molecule has 1 aromatic heterocycles. The molecule has 1 saturated heterocycles. The lowest BCUT2D eigenvalue weighted by Crippen LogP contribution is -2.35. The molecule has 0 N–H and O–H groups in total. The minimum atomic E-state index is 0.183. The first kappa shape index (κ1) is 10.8. The molecule has 0 unspecified atom stereocenters. The Morgan fingerprint density at radius 3 is 3.06 bits per heavy atom. The van der Waals surface area contributed by atoms with Crippen LogP contribution in [0.1, 0.15) is 35.9 Å². The zero-order valence-corrected chi connectivity index (χ0v) is 10.2. The highest BCUT2D eigenvalue weighted by molar-refractivity contribution is 5.93. The SMILES string of the molecule is C[C@H]1CCCN1C(=O)c1ccc2n1CCOC2. The van der Waals surface area contributed by atoms with Gasteiger partial charge in [-0.2, -0.15) is 0 Å². The highest BCUT2D eigenvalue weighted by Crippen LogP contribution is 2.22. The summed E-state index contributed by atoms with van der Waals surface area (Å²) in [5, 5.41) is 0. The fourth-order valence-corrected chi connectivity index (χ4v) is 2.80. The smallest absolute Gasteiger partial charge is 0.270 e. The molecular weight excluding hydrogens is 216 g/mol. The summed E-state index contributed by atoms with van der Waals surface area (Å²) in [6, 6.07) is 4.33.